The number of carbonyl (C=O) groups excluding carboxylic acids is 1. The lowest BCUT2D eigenvalue weighted by molar-refractivity contribution is -0.120. The summed E-state index contributed by atoms with van der Waals surface area (Å²) in [7, 11) is 0. The highest BCUT2D eigenvalue weighted by Gasteiger charge is 2.04. The van der Waals surface area contributed by atoms with Crippen molar-refractivity contribution in [2.24, 2.45) is 0 Å². The van der Waals surface area contributed by atoms with Gasteiger partial charge in [-0.1, -0.05) is 13.0 Å². The molecule has 0 saturated heterocycles. The van der Waals surface area contributed by atoms with Gasteiger partial charge in [-0.3, -0.25) is 4.79 Å². The molecule has 1 rings (SSSR count). The molecule has 0 atom stereocenters. The first-order chi connectivity index (χ1) is 8.13. The molecule has 17 heavy (non-hydrogen) atoms. The molecule has 0 heterocycles. The molecule has 0 radical (unpaired) electrons. The second-order valence-corrected chi connectivity index (χ2v) is 3.70. The van der Waals surface area contributed by atoms with Crippen molar-refractivity contribution in [3.63, 3.8) is 0 Å². The molecule has 5 heteroatoms. The summed E-state index contributed by atoms with van der Waals surface area (Å²) in [6.07, 6.45) is 0.955. The average molecular weight is 242 g/mol. The quantitative estimate of drug-likeness (QED) is 0.744. The van der Waals surface area contributed by atoms with Crippen LogP contribution < -0.4 is 10.6 Å². The summed E-state index contributed by atoms with van der Waals surface area (Å²) in [5, 5.41) is 5.56. The first-order valence-corrected chi connectivity index (χ1v) is 5.54. The van der Waals surface area contributed by atoms with Crippen molar-refractivity contribution in [3.05, 3.63) is 35.4 Å². The molecule has 0 spiro atoms. The zero-order valence-electron chi connectivity index (χ0n) is 9.72. The van der Waals surface area contributed by atoms with Crippen molar-refractivity contribution in [2.75, 3.05) is 13.1 Å². The molecule has 0 fully saturated rings. The lowest BCUT2D eigenvalue weighted by atomic mass is 10.2. The minimum Gasteiger partial charge on any atom is -0.351 e. The van der Waals surface area contributed by atoms with Gasteiger partial charge in [0.1, 0.15) is 0 Å². The van der Waals surface area contributed by atoms with E-state index in [9.17, 15) is 13.6 Å². The largest absolute Gasteiger partial charge is 0.351 e. The number of nitrogens with one attached hydrogen (secondary N) is 2. The predicted molar refractivity (Wildman–Crippen MR) is 61.4 cm³/mol. The molecule has 1 amide bonds. The maximum atomic E-state index is 12.9. The minimum atomic E-state index is -0.902. The van der Waals surface area contributed by atoms with Gasteiger partial charge < -0.3 is 10.6 Å². The fourth-order valence-corrected chi connectivity index (χ4v) is 1.29. The fraction of sp³-hybridized carbons (Fsp3) is 0.417. The SMILES string of the molecule is CCCNCC(=O)NCc1ccc(F)c(F)c1. The molecule has 0 aliphatic rings. The van der Waals surface area contributed by atoms with Crippen LogP contribution in [0.4, 0.5) is 8.78 Å². The van der Waals surface area contributed by atoms with Crippen LogP contribution in [0.15, 0.2) is 18.2 Å². The molecule has 2 N–H and O–H groups in total. The fourth-order valence-electron chi connectivity index (χ4n) is 1.29. The second-order valence-electron chi connectivity index (χ2n) is 3.70. The number of rotatable bonds is 6. The maximum Gasteiger partial charge on any atom is 0.234 e. The third-order valence-electron chi connectivity index (χ3n) is 2.19. The van der Waals surface area contributed by atoms with Gasteiger partial charge in [0.25, 0.3) is 0 Å². The van der Waals surface area contributed by atoms with E-state index in [2.05, 4.69) is 10.6 Å². The Bertz CT molecular complexity index is 383. The molecule has 0 unspecified atom stereocenters. The minimum absolute atomic E-state index is 0.164. The molecule has 0 aliphatic heterocycles. The van der Waals surface area contributed by atoms with E-state index in [1.807, 2.05) is 6.92 Å². The van der Waals surface area contributed by atoms with Gasteiger partial charge in [0, 0.05) is 6.54 Å². The Morgan fingerprint density at radius 1 is 1.29 bits per heavy atom. The number of hydrogen-bond donors (Lipinski definition) is 2. The summed E-state index contributed by atoms with van der Waals surface area (Å²) in [5.74, 6) is -1.95. The third-order valence-corrected chi connectivity index (χ3v) is 2.19. The monoisotopic (exact) mass is 242 g/mol. The van der Waals surface area contributed by atoms with E-state index < -0.39 is 11.6 Å². The maximum absolute atomic E-state index is 12.9. The molecular weight excluding hydrogens is 226 g/mol. The second kappa shape index (κ2) is 6.96. The zero-order valence-corrected chi connectivity index (χ0v) is 9.72. The van der Waals surface area contributed by atoms with Crippen LogP contribution in [0.3, 0.4) is 0 Å². The van der Waals surface area contributed by atoms with E-state index in [0.717, 1.165) is 25.1 Å². The Balaban J connectivity index is 2.34. The molecule has 0 saturated carbocycles. The van der Waals surface area contributed by atoms with Gasteiger partial charge in [0.15, 0.2) is 11.6 Å². The number of carbonyl (C=O) groups is 1. The van der Waals surface area contributed by atoms with Crippen LogP contribution in [-0.2, 0) is 11.3 Å². The number of hydrogen-bond acceptors (Lipinski definition) is 2. The molecule has 0 bridgehead atoms. The van der Waals surface area contributed by atoms with E-state index in [1.165, 1.54) is 6.07 Å². The summed E-state index contributed by atoms with van der Waals surface area (Å²) in [5.41, 5.74) is 0.535. The summed E-state index contributed by atoms with van der Waals surface area (Å²) in [6.45, 7) is 3.21. The summed E-state index contributed by atoms with van der Waals surface area (Å²) >= 11 is 0. The molecule has 0 aliphatic carbocycles. The van der Waals surface area contributed by atoms with Crippen molar-refractivity contribution in [1.29, 1.82) is 0 Å². The van der Waals surface area contributed by atoms with Crippen molar-refractivity contribution < 1.29 is 13.6 Å². The lowest BCUT2D eigenvalue weighted by Gasteiger charge is -2.06. The van der Waals surface area contributed by atoms with Crippen molar-refractivity contribution in [1.82, 2.24) is 10.6 Å². The Morgan fingerprint density at radius 3 is 2.71 bits per heavy atom. The highest BCUT2D eigenvalue weighted by molar-refractivity contribution is 5.77. The van der Waals surface area contributed by atoms with Gasteiger partial charge in [-0.15, -0.1) is 0 Å². The van der Waals surface area contributed by atoms with Gasteiger partial charge >= 0.3 is 0 Å². The molecule has 1 aromatic rings. The van der Waals surface area contributed by atoms with Gasteiger partial charge in [-0.2, -0.15) is 0 Å². The highest BCUT2D eigenvalue weighted by Crippen LogP contribution is 2.08. The summed E-state index contributed by atoms with van der Waals surface area (Å²) in [4.78, 5) is 11.3. The van der Waals surface area contributed by atoms with E-state index in [-0.39, 0.29) is 19.0 Å². The standard InChI is InChI=1S/C12H16F2N2O/c1-2-5-15-8-12(17)16-7-9-3-4-10(13)11(14)6-9/h3-4,6,15H,2,5,7-8H2,1H3,(H,16,17). The Hall–Kier alpha value is -1.49. The highest BCUT2D eigenvalue weighted by atomic mass is 19.2. The van der Waals surface area contributed by atoms with Crippen LogP contribution in [0, 0.1) is 11.6 Å². The first kappa shape index (κ1) is 13.6. The Morgan fingerprint density at radius 2 is 2.06 bits per heavy atom. The van der Waals surface area contributed by atoms with Gasteiger partial charge in [0.05, 0.1) is 6.54 Å². The van der Waals surface area contributed by atoms with Crippen LogP contribution in [-0.4, -0.2) is 19.0 Å². The van der Waals surface area contributed by atoms with Crippen LogP contribution in [0.25, 0.3) is 0 Å². The summed E-state index contributed by atoms with van der Waals surface area (Å²) < 4.78 is 25.5. The Kier molecular flexibility index (Phi) is 5.56. The molecule has 94 valence electrons. The molecule has 1 aromatic carbocycles. The molecule has 0 aromatic heterocycles. The van der Waals surface area contributed by atoms with E-state index >= 15 is 0 Å². The number of benzene rings is 1. The Labute approximate surface area is 99.2 Å². The zero-order chi connectivity index (χ0) is 12.7. The van der Waals surface area contributed by atoms with Crippen LogP contribution in [0.2, 0.25) is 0 Å². The van der Waals surface area contributed by atoms with Crippen molar-refractivity contribution in [2.45, 2.75) is 19.9 Å². The number of amides is 1. The van der Waals surface area contributed by atoms with Crippen LogP contribution in [0.5, 0.6) is 0 Å². The molecule has 3 nitrogen and oxygen atoms in total. The van der Waals surface area contributed by atoms with Crippen molar-refractivity contribution in [3.8, 4) is 0 Å². The first-order valence-electron chi connectivity index (χ1n) is 5.54. The third kappa shape index (κ3) is 4.91. The predicted octanol–water partition coefficient (Wildman–Crippen LogP) is 1.58. The van der Waals surface area contributed by atoms with Gasteiger partial charge in [-0.05, 0) is 30.7 Å². The average Bonchev–Trinajstić information content (AvgIpc) is 2.31. The summed E-state index contributed by atoms with van der Waals surface area (Å²) in [6, 6.07) is 3.57. The van der Waals surface area contributed by atoms with Crippen LogP contribution in [0.1, 0.15) is 18.9 Å². The van der Waals surface area contributed by atoms with Crippen molar-refractivity contribution >= 4 is 5.91 Å². The lowest BCUT2D eigenvalue weighted by Crippen LogP contribution is -2.33. The van der Waals surface area contributed by atoms with Crippen LogP contribution >= 0.6 is 0 Å². The van der Waals surface area contributed by atoms with E-state index in [1.54, 1.807) is 0 Å². The van der Waals surface area contributed by atoms with E-state index in [4.69, 9.17) is 0 Å². The smallest absolute Gasteiger partial charge is 0.234 e. The van der Waals surface area contributed by atoms with E-state index in [0.29, 0.717) is 5.56 Å². The molecular formula is C12H16F2N2O. The normalized spacial score (nSPS) is 10.3. The van der Waals surface area contributed by atoms with Gasteiger partial charge in [0.2, 0.25) is 5.91 Å². The number of halogens is 2. The van der Waals surface area contributed by atoms with Gasteiger partial charge in [-0.25, -0.2) is 8.78 Å². The topological polar surface area (TPSA) is 41.1 Å².